The molecule has 1 aliphatic rings. The summed E-state index contributed by atoms with van der Waals surface area (Å²) in [6.07, 6.45) is 6.60. The highest BCUT2D eigenvalue weighted by atomic mass is 32.2. The summed E-state index contributed by atoms with van der Waals surface area (Å²) in [7, 11) is 1.89. The molecule has 0 aliphatic heterocycles. The van der Waals surface area contributed by atoms with Gasteiger partial charge in [-0.25, -0.2) is 0 Å². The van der Waals surface area contributed by atoms with Crippen LogP contribution in [0.15, 0.2) is 0 Å². The highest BCUT2D eigenvalue weighted by Gasteiger charge is 2.34. The van der Waals surface area contributed by atoms with Crippen LogP contribution in [-0.4, -0.2) is 24.1 Å². The fourth-order valence-corrected chi connectivity index (χ4v) is 2.66. The molecule has 1 N–H and O–H groups in total. The van der Waals surface area contributed by atoms with Gasteiger partial charge in [0.05, 0.1) is 6.07 Å². The molecule has 0 bridgehead atoms. The third-order valence-corrected chi connectivity index (χ3v) is 3.80. The monoisotopic (exact) mass is 184 g/mol. The molecule has 0 spiro atoms. The van der Waals surface area contributed by atoms with Crippen molar-refractivity contribution >= 4 is 11.8 Å². The molecule has 3 heteroatoms. The van der Waals surface area contributed by atoms with E-state index in [1.807, 2.05) is 18.8 Å². The van der Waals surface area contributed by atoms with E-state index in [0.29, 0.717) is 5.25 Å². The Bertz CT molecular complexity index is 187. The number of rotatable bonds is 2. The lowest BCUT2D eigenvalue weighted by atomic mass is 9.83. The van der Waals surface area contributed by atoms with E-state index in [0.717, 1.165) is 12.8 Å². The zero-order valence-corrected chi connectivity index (χ0v) is 8.58. The van der Waals surface area contributed by atoms with Gasteiger partial charge >= 0.3 is 0 Å². The lowest BCUT2D eigenvalue weighted by Crippen LogP contribution is -2.46. The molecule has 0 heterocycles. The van der Waals surface area contributed by atoms with Crippen molar-refractivity contribution in [2.24, 2.45) is 0 Å². The standard InChI is InChI=1S/C9H16N2S/c1-11-9(7-10)5-3-4-8(6-9)12-2/h8,11H,3-6H2,1-2H3. The summed E-state index contributed by atoms with van der Waals surface area (Å²) < 4.78 is 0. The van der Waals surface area contributed by atoms with E-state index >= 15 is 0 Å². The summed E-state index contributed by atoms with van der Waals surface area (Å²) in [5.74, 6) is 0. The van der Waals surface area contributed by atoms with E-state index in [1.165, 1.54) is 12.8 Å². The SMILES string of the molecule is CNC1(C#N)CCCC(SC)C1. The van der Waals surface area contributed by atoms with Crippen LogP contribution in [0.1, 0.15) is 25.7 Å². The Morgan fingerprint density at radius 3 is 2.92 bits per heavy atom. The van der Waals surface area contributed by atoms with Gasteiger partial charge in [0.25, 0.3) is 0 Å². The summed E-state index contributed by atoms with van der Waals surface area (Å²) in [5.41, 5.74) is -0.230. The Morgan fingerprint density at radius 1 is 1.67 bits per heavy atom. The first-order valence-electron chi connectivity index (χ1n) is 4.39. The number of nitriles is 1. The second-order valence-corrected chi connectivity index (χ2v) is 4.54. The second-order valence-electron chi connectivity index (χ2n) is 3.40. The van der Waals surface area contributed by atoms with Crippen molar-refractivity contribution in [3.63, 3.8) is 0 Å². The molecule has 0 aromatic heterocycles. The number of thioether (sulfide) groups is 1. The first kappa shape index (κ1) is 9.88. The average Bonchev–Trinajstić information content (AvgIpc) is 2.18. The Morgan fingerprint density at radius 2 is 2.42 bits per heavy atom. The zero-order valence-electron chi connectivity index (χ0n) is 7.76. The van der Waals surface area contributed by atoms with Crippen LogP contribution in [0, 0.1) is 11.3 Å². The van der Waals surface area contributed by atoms with Crippen molar-refractivity contribution in [1.29, 1.82) is 5.26 Å². The van der Waals surface area contributed by atoms with Crippen molar-refractivity contribution in [3.05, 3.63) is 0 Å². The number of hydrogen-bond acceptors (Lipinski definition) is 3. The highest BCUT2D eigenvalue weighted by molar-refractivity contribution is 7.99. The molecule has 0 aromatic rings. The molecule has 0 aromatic carbocycles. The molecule has 2 nitrogen and oxygen atoms in total. The second kappa shape index (κ2) is 4.15. The van der Waals surface area contributed by atoms with Crippen LogP contribution in [0.2, 0.25) is 0 Å². The molecule has 12 heavy (non-hydrogen) atoms. The first-order valence-corrected chi connectivity index (χ1v) is 5.68. The smallest absolute Gasteiger partial charge is 0.107 e. The average molecular weight is 184 g/mol. The topological polar surface area (TPSA) is 35.8 Å². The van der Waals surface area contributed by atoms with Crippen molar-refractivity contribution in [1.82, 2.24) is 5.32 Å². The number of hydrogen-bond donors (Lipinski definition) is 1. The van der Waals surface area contributed by atoms with Gasteiger partial charge in [-0.3, -0.25) is 0 Å². The number of nitrogens with zero attached hydrogens (tertiary/aromatic N) is 1. The minimum absolute atomic E-state index is 0.230. The Labute approximate surface area is 78.7 Å². The molecule has 1 aliphatic carbocycles. The Hall–Kier alpha value is -0.200. The van der Waals surface area contributed by atoms with E-state index in [4.69, 9.17) is 5.26 Å². The van der Waals surface area contributed by atoms with Crippen LogP contribution < -0.4 is 5.32 Å². The minimum Gasteiger partial charge on any atom is -0.302 e. The Balaban J connectivity index is 2.60. The lowest BCUT2D eigenvalue weighted by Gasteiger charge is -2.34. The largest absolute Gasteiger partial charge is 0.302 e. The molecule has 1 rings (SSSR count). The highest BCUT2D eigenvalue weighted by Crippen LogP contribution is 2.33. The molecular formula is C9H16N2S. The predicted octanol–water partition coefficient (Wildman–Crippen LogP) is 1.77. The quantitative estimate of drug-likeness (QED) is 0.710. The van der Waals surface area contributed by atoms with Crippen molar-refractivity contribution < 1.29 is 0 Å². The molecule has 0 radical (unpaired) electrons. The van der Waals surface area contributed by atoms with E-state index in [-0.39, 0.29) is 5.54 Å². The maximum Gasteiger partial charge on any atom is 0.107 e. The van der Waals surface area contributed by atoms with Crippen molar-refractivity contribution in [3.8, 4) is 6.07 Å². The van der Waals surface area contributed by atoms with Crippen LogP contribution in [0.4, 0.5) is 0 Å². The maximum absolute atomic E-state index is 9.03. The van der Waals surface area contributed by atoms with Gasteiger partial charge in [-0.05, 0) is 39.0 Å². The molecule has 0 amide bonds. The van der Waals surface area contributed by atoms with E-state index in [9.17, 15) is 0 Å². The van der Waals surface area contributed by atoms with Gasteiger partial charge in [-0.2, -0.15) is 17.0 Å². The fraction of sp³-hybridized carbons (Fsp3) is 0.889. The minimum atomic E-state index is -0.230. The fourth-order valence-electron chi connectivity index (χ4n) is 1.81. The summed E-state index contributed by atoms with van der Waals surface area (Å²) >= 11 is 1.89. The van der Waals surface area contributed by atoms with Crippen LogP contribution >= 0.6 is 11.8 Å². The molecule has 0 saturated heterocycles. The normalized spacial score (nSPS) is 35.9. The number of nitrogens with one attached hydrogen (secondary N) is 1. The molecule has 1 saturated carbocycles. The predicted molar refractivity (Wildman–Crippen MR) is 53.2 cm³/mol. The summed E-state index contributed by atoms with van der Waals surface area (Å²) in [6.45, 7) is 0. The molecule has 68 valence electrons. The first-order chi connectivity index (χ1) is 5.76. The molecular weight excluding hydrogens is 168 g/mol. The van der Waals surface area contributed by atoms with Gasteiger partial charge in [0.15, 0.2) is 0 Å². The van der Waals surface area contributed by atoms with Gasteiger partial charge in [0, 0.05) is 5.25 Å². The van der Waals surface area contributed by atoms with Crippen LogP contribution in [0.5, 0.6) is 0 Å². The Kier molecular flexibility index (Phi) is 3.42. The van der Waals surface area contributed by atoms with Gasteiger partial charge in [0.2, 0.25) is 0 Å². The van der Waals surface area contributed by atoms with Gasteiger partial charge in [-0.1, -0.05) is 0 Å². The molecule has 2 atom stereocenters. The summed E-state index contributed by atoms with van der Waals surface area (Å²) in [4.78, 5) is 0. The van der Waals surface area contributed by atoms with Gasteiger partial charge < -0.3 is 5.32 Å². The van der Waals surface area contributed by atoms with E-state index in [1.54, 1.807) is 0 Å². The van der Waals surface area contributed by atoms with Crippen LogP contribution in [0.25, 0.3) is 0 Å². The molecule has 2 unspecified atom stereocenters. The third kappa shape index (κ3) is 1.94. The van der Waals surface area contributed by atoms with Crippen LogP contribution in [0.3, 0.4) is 0 Å². The van der Waals surface area contributed by atoms with Crippen molar-refractivity contribution in [2.75, 3.05) is 13.3 Å². The third-order valence-electron chi connectivity index (χ3n) is 2.73. The van der Waals surface area contributed by atoms with E-state index in [2.05, 4.69) is 17.6 Å². The van der Waals surface area contributed by atoms with E-state index < -0.39 is 0 Å². The maximum atomic E-state index is 9.03. The van der Waals surface area contributed by atoms with Gasteiger partial charge in [-0.15, -0.1) is 0 Å². The summed E-state index contributed by atoms with van der Waals surface area (Å²) in [6, 6.07) is 2.41. The lowest BCUT2D eigenvalue weighted by molar-refractivity contribution is 0.323. The molecule has 1 fully saturated rings. The van der Waals surface area contributed by atoms with Crippen LogP contribution in [-0.2, 0) is 0 Å². The zero-order chi connectivity index (χ0) is 9.03. The van der Waals surface area contributed by atoms with Crippen molar-refractivity contribution in [2.45, 2.75) is 36.5 Å². The van der Waals surface area contributed by atoms with Gasteiger partial charge in [0.1, 0.15) is 5.54 Å². The summed E-state index contributed by atoms with van der Waals surface area (Å²) in [5, 5.41) is 12.9.